The summed E-state index contributed by atoms with van der Waals surface area (Å²) in [7, 11) is -0.751. The molecule has 0 aromatic carbocycles. The van der Waals surface area contributed by atoms with Crippen LogP contribution >= 0.6 is 11.8 Å². The average Bonchev–Trinajstić information content (AvgIpc) is 2.77. The first kappa shape index (κ1) is 14.7. The number of hydrogen-bond donors (Lipinski definition) is 1. The van der Waals surface area contributed by atoms with Crippen molar-refractivity contribution in [2.45, 2.75) is 18.9 Å². The second kappa shape index (κ2) is 6.58. The van der Waals surface area contributed by atoms with E-state index in [1.54, 1.807) is 11.8 Å². The van der Waals surface area contributed by atoms with E-state index in [0.29, 0.717) is 0 Å². The van der Waals surface area contributed by atoms with E-state index in [9.17, 15) is 13.2 Å². The highest BCUT2D eigenvalue weighted by Gasteiger charge is 2.25. The third-order valence-electron chi connectivity index (χ3n) is 2.51. The molecule has 0 radical (unpaired) electrons. The fourth-order valence-corrected chi connectivity index (χ4v) is 3.79. The van der Waals surface area contributed by atoms with Crippen molar-refractivity contribution in [3.63, 3.8) is 0 Å². The molecule has 0 saturated carbocycles. The molecule has 1 saturated heterocycles. The minimum Gasteiger partial charge on any atom is -0.469 e. The number of thioether (sulfide) groups is 1. The lowest BCUT2D eigenvalue weighted by molar-refractivity contribution is -0.140. The third-order valence-corrected chi connectivity index (χ3v) is 5.31. The van der Waals surface area contributed by atoms with Crippen LogP contribution in [0, 0.1) is 0 Å². The summed E-state index contributed by atoms with van der Waals surface area (Å²) in [6.07, 6.45) is 0.919. The van der Waals surface area contributed by atoms with Gasteiger partial charge >= 0.3 is 5.97 Å². The van der Waals surface area contributed by atoms with Crippen LogP contribution in [0.2, 0.25) is 0 Å². The second-order valence-electron chi connectivity index (χ2n) is 3.83. The minimum absolute atomic E-state index is 0.00516. The maximum absolute atomic E-state index is 11.8. The number of carbonyl (C=O) groups excluding carboxylic acids is 1. The Morgan fingerprint density at radius 1 is 1.59 bits per heavy atom. The topological polar surface area (TPSA) is 75.7 Å². The van der Waals surface area contributed by atoms with Gasteiger partial charge in [0.2, 0.25) is 0 Å². The van der Waals surface area contributed by atoms with Gasteiger partial charge in [0.25, 0.3) is 10.2 Å². The van der Waals surface area contributed by atoms with Crippen LogP contribution in [-0.4, -0.2) is 56.9 Å². The monoisotopic (exact) mass is 282 g/mol. The summed E-state index contributed by atoms with van der Waals surface area (Å²) >= 11 is 1.74. The van der Waals surface area contributed by atoms with E-state index in [4.69, 9.17) is 0 Å². The van der Waals surface area contributed by atoms with Gasteiger partial charge < -0.3 is 4.74 Å². The number of rotatable bonds is 6. The largest absolute Gasteiger partial charge is 0.469 e. The van der Waals surface area contributed by atoms with Crippen molar-refractivity contribution >= 4 is 27.9 Å². The molecule has 100 valence electrons. The molecule has 0 amide bonds. The van der Waals surface area contributed by atoms with Crippen molar-refractivity contribution in [2.24, 2.45) is 0 Å². The van der Waals surface area contributed by atoms with E-state index in [-0.39, 0.29) is 19.0 Å². The fourth-order valence-electron chi connectivity index (χ4n) is 1.40. The summed E-state index contributed by atoms with van der Waals surface area (Å²) in [6, 6.07) is 0.00516. The molecule has 1 atom stereocenters. The van der Waals surface area contributed by atoms with Crippen LogP contribution in [0.5, 0.6) is 0 Å². The molecule has 6 nitrogen and oxygen atoms in total. The smallest absolute Gasteiger partial charge is 0.306 e. The third kappa shape index (κ3) is 4.82. The molecule has 0 aliphatic carbocycles. The van der Waals surface area contributed by atoms with Crippen LogP contribution < -0.4 is 4.72 Å². The lowest BCUT2D eigenvalue weighted by atomic mass is 10.3. The summed E-state index contributed by atoms with van der Waals surface area (Å²) < 4.78 is 31.9. The summed E-state index contributed by atoms with van der Waals surface area (Å²) in [5, 5.41) is 0. The van der Waals surface area contributed by atoms with Gasteiger partial charge in [-0.3, -0.25) is 4.79 Å². The van der Waals surface area contributed by atoms with Gasteiger partial charge in [0.05, 0.1) is 13.5 Å². The van der Waals surface area contributed by atoms with Crippen LogP contribution in [0.3, 0.4) is 0 Å². The number of nitrogens with one attached hydrogen (secondary N) is 1. The van der Waals surface area contributed by atoms with Gasteiger partial charge in [-0.05, 0) is 12.2 Å². The Labute approximate surface area is 106 Å². The Morgan fingerprint density at radius 3 is 2.82 bits per heavy atom. The summed E-state index contributed by atoms with van der Waals surface area (Å²) in [6.45, 7) is 0.127. The highest BCUT2D eigenvalue weighted by molar-refractivity contribution is 7.99. The maximum Gasteiger partial charge on any atom is 0.306 e. The molecule has 1 heterocycles. The molecule has 1 aliphatic rings. The number of nitrogens with zero attached hydrogens (tertiary/aromatic N) is 1. The molecular weight excluding hydrogens is 264 g/mol. The molecule has 0 aromatic heterocycles. The molecule has 1 rings (SSSR count). The summed E-state index contributed by atoms with van der Waals surface area (Å²) in [5.41, 5.74) is 0. The van der Waals surface area contributed by atoms with Crippen LogP contribution in [0.25, 0.3) is 0 Å². The van der Waals surface area contributed by atoms with Crippen molar-refractivity contribution in [2.75, 3.05) is 32.2 Å². The van der Waals surface area contributed by atoms with E-state index in [2.05, 4.69) is 9.46 Å². The molecule has 8 heteroatoms. The van der Waals surface area contributed by atoms with Crippen molar-refractivity contribution in [3.8, 4) is 0 Å². The van der Waals surface area contributed by atoms with E-state index >= 15 is 0 Å². The van der Waals surface area contributed by atoms with E-state index in [1.807, 2.05) is 0 Å². The predicted molar refractivity (Wildman–Crippen MR) is 67.0 cm³/mol. The van der Waals surface area contributed by atoms with Gasteiger partial charge in [-0.25, -0.2) is 0 Å². The first-order valence-electron chi connectivity index (χ1n) is 5.34. The number of hydrogen-bond acceptors (Lipinski definition) is 5. The van der Waals surface area contributed by atoms with E-state index in [1.165, 1.54) is 14.2 Å². The van der Waals surface area contributed by atoms with Crippen LogP contribution in [0.4, 0.5) is 0 Å². The Kier molecular flexibility index (Phi) is 5.71. The van der Waals surface area contributed by atoms with Crippen molar-refractivity contribution < 1.29 is 17.9 Å². The molecule has 1 unspecified atom stereocenters. The molecule has 0 aromatic rings. The Morgan fingerprint density at radius 2 is 2.29 bits per heavy atom. The van der Waals surface area contributed by atoms with Gasteiger partial charge in [-0.15, -0.1) is 0 Å². The van der Waals surface area contributed by atoms with Crippen molar-refractivity contribution in [1.29, 1.82) is 0 Å². The zero-order chi connectivity index (χ0) is 12.9. The standard InChI is InChI=1S/C9H18N2O4S2/c1-11(5-3-9(12)15-2)17(13,14)10-8-4-6-16-7-8/h8,10H,3-7H2,1-2H3. The van der Waals surface area contributed by atoms with Crippen LogP contribution in [0.15, 0.2) is 0 Å². The van der Waals surface area contributed by atoms with Gasteiger partial charge in [-0.1, -0.05) is 0 Å². The van der Waals surface area contributed by atoms with Crippen molar-refractivity contribution in [1.82, 2.24) is 9.03 Å². The van der Waals surface area contributed by atoms with Crippen LogP contribution in [-0.2, 0) is 19.7 Å². The van der Waals surface area contributed by atoms with E-state index < -0.39 is 16.2 Å². The maximum atomic E-state index is 11.8. The number of esters is 1. The predicted octanol–water partition coefficient (Wildman–Crippen LogP) is -0.179. The zero-order valence-corrected chi connectivity index (χ0v) is 11.6. The fraction of sp³-hybridized carbons (Fsp3) is 0.889. The number of methoxy groups -OCH3 is 1. The number of carbonyl (C=O) groups is 1. The average molecular weight is 282 g/mol. The van der Waals surface area contributed by atoms with Gasteiger partial charge in [-0.2, -0.15) is 29.2 Å². The molecule has 1 fully saturated rings. The summed E-state index contributed by atoms with van der Waals surface area (Å²) in [4.78, 5) is 10.9. The SMILES string of the molecule is COC(=O)CCN(C)S(=O)(=O)NC1CCSC1. The molecule has 0 bridgehead atoms. The van der Waals surface area contributed by atoms with E-state index in [0.717, 1.165) is 22.2 Å². The minimum atomic E-state index is -3.49. The highest BCUT2D eigenvalue weighted by atomic mass is 32.2. The van der Waals surface area contributed by atoms with Gasteiger partial charge in [0.1, 0.15) is 0 Å². The molecule has 1 aliphatic heterocycles. The Bertz CT molecular complexity index is 352. The highest BCUT2D eigenvalue weighted by Crippen LogP contribution is 2.18. The normalized spacial score (nSPS) is 20.8. The molecule has 1 N–H and O–H groups in total. The van der Waals surface area contributed by atoms with Crippen LogP contribution in [0.1, 0.15) is 12.8 Å². The molecule has 0 spiro atoms. The Balaban J connectivity index is 2.42. The van der Waals surface area contributed by atoms with Gasteiger partial charge in [0.15, 0.2) is 0 Å². The zero-order valence-electron chi connectivity index (χ0n) is 10.0. The number of ether oxygens (including phenoxy) is 1. The summed E-state index contributed by atoms with van der Waals surface area (Å²) in [5.74, 6) is 1.38. The lowest BCUT2D eigenvalue weighted by Crippen LogP contribution is -2.44. The lowest BCUT2D eigenvalue weighted by Gasteiger charge is -2.19. The first-order valence-corrected chi connectivity index (χ1v) is 7.93. The molecular formula is C9H18N2O4S2. The first-order chi connectivity index (χ1) is 7.95. The molecule has 17 heavy (non-hydrogen) atoms. The second-order valence-corrected chi connectivity index (χ2v) is 6.79. The van der Waals surface area contributed by atoms with Gasteiger partial charge in [0, 0.05) is 25.4 Å². The quantitative estimate of drug-likeness (QED) is 0.684. The Hall–Kier alpha value is -0.310. The van der Waals surface area contributed by atoms with Crippen molar-refractivity contribution in [3.05, 3.63) is 0 Å².